The number of carbonyl (C=O) groups excluding carboxylic acids is 1. The van der Waals surface area contributed by atoms with Crippen LogP contribution in [0, 0.1) is 0 Å². The summed E-state index contributed by atoms with van der Waals surface area (Å²) in [5, 5.41) is 2.98. The van der Waals surface area contributed by atoms with Crippen molar-refractivity contribution in [2.45, 2.75) is 24.6 Å². The third-order valence-electron chi connectivity index (χ3n) is 2.44. The van der Waals surface area contributed by atoms with Crippen LogP contribution < -0.4 is 5.32 Å². The number of carbonyl (C=O) groups is 1. The zero-order valence-corrected chi connectivity index (χ0v) is 9.64. The van der Waals surface area contributed by atoms with Gasteiger partial charge in [0.15, 0.2) is 0 Å². The van der Waals surface area contributed by atoms with E-state index in [4.69, 9.17) is 0 Å². The van der Waals surface area contributed by atoms with Crippen molar-refractivity contribution in [2.24, 2.45) is 0 Å². The van der Waals surface area contributed by atoms with Crippen molar-refractivity contribution in [3.8, 4) is 0 Å². The Morgan fingerprint density at radius 3 is 2.60 bits per heavy atom. The second kappa shape index (κ2) is 4.71. The maximum atomic E-state index is 11.6. The van der Waals surface area contributed by atoms with Crippen LogP contribution in [-0.4, -0.2) is 18.2 Å². The van der Waals surface area contributed by atoms with Gasteiger partial charge >= 0.3 is 0 Å². The summed E-state index contributed by atoms with van der Waals surface area (Å²) in [6, 6.07) is 8.30. The van der Waals surface area contributed by atoms with E-state index in [1.54, 1.807) is 11.8 Å². The highest BCUT2D eigenvalue weighted by molar-refractivity contribution is 7.97. The van der Waals surface area contributed by atoms with E-state index in [0.29, 0.717) is 6.04 Å². The van der Waals surface area contributed by atoms with E-state index in [9.17, 15) is 4.79 Å². The van der Waals surface area contributed by atoms with Crippen molar-refractivity contribution in [3.63, 3.8) is 0 Å². The number of benzene rings is 1. The fraction of sp³-hybridized carbons (Fsp3) is 0.417. The first-order valence-electron chi connectivity index (χ1n) is 5.18. The Balaban J connectivity index is 1.98. The molecule has 0 heterocycles. The van der Waals surface area contributed by atoms with Crippen LogP contribution in [0.1, 0.15) is 28.8 Å². The Hall–Kier alpha value is -0.960. The molecule has 0 radical (unpaired) electrons. The maximum Gasteiger partial charge on any atom is 0.251 e. The fourth-order valence-electron chi connectivity index (χ4n) is 1.42. The van der Waals surface area contributed by atoms with Crippen LogP contribution in [0.3, 0.4) is 0 Å². The largest absolute Gasteiger partial charge is 0.349 e. The van der Waals surface area contributed by atoms with Crippen LogP contribution in [0.25, 0.3) is 0 Å². The van der Waals surface area contributed by atoms with Gasteiger partial charge in [-0.1, -0.05) is 12.1 Å². The number of hydrogen-bond donors (Lipinski definition) is 1. The maximum absolute atomic E-state index is 11.6. The molecular weight excluding hydrogens is 206 g/mol. The van der Waals surface area contributed by atoms with Gasteiger partial charge in [0.1, 0.15) is 0 Å². The summed E-state index contributed by atoms with van der Waals surface area (Å²) in [5.74, 6) is 1.07. The Morgan fingerprint density at radius 1 is 1.40 bits per heavy atom. The first kappa shape index (κ1) is 10.6. The Kier molecular flexibility index (Phi) is 3.31. The summed E-state index contributed by atoms with van der Waals surface area (Å²) < 4.78 is 0. The van der Waals surface area contributed by atoms with Gasteiger partial charge in [-0.2, -0.15) is 11.8 Å². The molecule has 1 amide bonds. The molecule has 1 aliphatic carbocycles. The van der Waals surface area contributed by atoms with Gasteiger partial charge in [-0.25, -0.2) is 0 Å². The van der Waals surface area contributed by atoms with Gasteiger partial charge in [0, 0.05) is 17.4 Å². The molecule has 1 saturated carbocycles. The number of thioether (sulfide) groups is 1. The van der Waals surface area contributed by atoms with Crippen LogP contribution in [0.5, 0.6) is 0 Å². The monoisotopic (exact) mass is 221 g/mol. The standard InChI is InChI=1S/C12H15NOS/c1-15-8-9-2-4-10(5-3-9)12(14)13-11-6-7-11/h2-5,11H,6-8H2,1H3,(H,13,14). The molecule has 1 aliphatic rings. The quantitative estimate of drug-likeness (QED) is 0.846. The van der Waals surface area contributed by atoms with Crippen LogP contribution in [0.15, 0.2) is 24.3 Å². The molecule has 1 N–H and O–H groups in total. The highest BCUT2D eigenvalue weighted by Crippen LogP contribution is 2.19. The van der Waals surface area contributed by atoms with Crippen LogP contribution in [0.2, 0.25) is 0 Å². The molecule has 15 heavy (non-hydrogen) atoms. The molecule has 1 aromatic carbocycles. The first-order valence-corrected chi connectivity index (χ1v) is 6.57. The molecular formula is C12H15NOS. The number of rotatable bonds is 4. The normalized spacial score (nSPS) is 15.0. The van der Waals surface area contributed by atoms with Crippen molar-refractivity contribution >= 4 is 17.7 Å². The average Bonchev–Trinajstić information content (AvgIpc) is 3.03. The zero-order chi connectivity index (χ0) is 10.7. The van der Waals surface area contributed by atoms with Gasteiger partial charge in [0.05, 0.1) is 0 Å². The summed E-state index contributed by atoms with van der Waals surface area (Å²) in [6.45, 7) is 0. The molecule has 0 saturated heterocycles. The number of hydrogen-bond acceptors (Lipinski definition) is 2. The van der Waals surface area contributed by atoms with Crippen molar-refractivity contribution < 1.29 is 4.79 Å². The molecule has 0 unspecified atom stereocenters. The van der Waals surface area contributed by atoms with E-state index >= 15 is 0 Å². The van der Waals surface area contributed by atoms with Gasteiger partial charge in [0.2, 0.25) is 0 Å². The summed E-state index contributed by atoms with van der Waals surface area (Å²) in [5.41, 5.74) is 2.04. The first-order chi connectivity index (χ1) is 7.29. The predicted octanol–water partition coefficient (Wildman–Crippen LogP) is 2.44. The molecule has 3 heteroatoms. The van der Waals surface area contributed by atoms with E-state index in [0.717, 1.165) is 24.2 Å². The second-order valence-corrected chi connectivity index (χ2v) is 4.74. The van der Waals surface area contributed by atoms with E-state index in [1.165, 1.54) is 5.56 Å². The minimum Gasteiger partial charge on any atom is -0.349 e. The third-order valence-corrected chi connectivity index (χ3v) is 3.06. The van der Waals surface area contributed by atoms with Gasteiger partial charge in [-0.15, -0.1) is 0 Å². The SMILES string of the molecule is CSCc1ccc(C(=O)NC2CC2)cc1. The summed E-state index contributed by atoms with van der Waals surface area (Å²) >= 11 is 1.79. The lowest BCUT2D eigenvalue weighted by molar-refractivity contribution is 0.0951. The number of nitrogens with one attached hydrogen (secondary N) is 1. The Morgan fingerprint density at radius 2 is 2.07 bits per heavy atom. The summed E-state index contributed by atoms with van der Waals surface area (Å²) in [7, 11) is 0. The highest BCUT2D eigenvalue weighted by Gasteiger charge is 2.23. The van der Waals surface area contributed by atoms with Crippen molar-refractivity contribution in [2.75, 3.05) is 6.26 Å². The van der Waals surface area contributed by atoms with Gasteiger partial charge in [-0.3, -0.25) is 4.79 Å². The Labute approximate surface area is 94.4 Å². The van der Waals surface area contributed by atoms with Gasteiger partial charge in [0.25, 0.3) is 5.91 Å². The molecule has 1 fully saturated rings. The minimum absolute atomic E-state index is 0.0631. The summed E-state index contributed by atoms with van der Waals surface area (Å²) in [4.78, 5) is 11.6. The van der Waals surface area contributed by atoms with Crippen LogP contribution in [0.4, 0.5) is 0 Å². The second-order valence-electron chi connectivity index (χ2n) is 3.88. The summed E-state index contributed by atoms with van der Waals surface area (Å²) in [6.07, 6.45) is 4.35. The number of amides is 1. The smallest absolute Gasteiger partial charge is 0.251 e. The lowest BCUT2D eigenvalue weighted by atomic mass is 10.1. The van der Waals surface area contributed by atoms with E-state index in [1.807, 2.05) is 24.3 Å². The van der Waals surface area contributed by atoms with E-state index in [-0.39, 0.29) is 5.91 Å². The lowest BCUT2D eigenvalue weighted by Gasteiger charge is -2.04. The Bertz CT molecular complexity index is 343. The van der Waals surface area contributed by atoms with Crippen molar-refractivity contribution in [3.05, 3.63) is 35.4 Å². The molecule has 0 spiro atoms. The van der Waals surface area contributed by atoms with E-state index in [2.05, 4.69) is 11.6 Å². The molecule has 2 nitrogen and oxygen atoms in total. The van der Waals surface area contributed by atoms with E-state index < -0.39 is 0 Å². The molecule has 80 valence electrons. The van der Waals surface area contributed by atoms with Crippen molar-refractivity contribution in [1.82, 2.24) is 5.32 Å². The molecule has 0 atom stereocenters. The van der Waals surface area contributed by atoms with Gasteiger partial charge < -0.3 is 5.32 Å². The minimum atomic E-state index is 0.0631. The zero-order valence-electron chi connectivity index (χ0n) is 8.82. The molecule has 1 aromatic rings. The van der Waals surface area contributed by atoms with Gasteiger partial charge in [-0.05, 0) is 36.8 Å². The highest BCUT2D eigenvalue weighted by atomic mass is 32.2. The molecule has 0 aliphatic heterocycles. The molecule has 0 aromatic heterocycles. The van der Waals surface area contributed by atoms with Crippen LogP contribution >= 0.6 is 11.8 Å². The molecule has 0 bridgehead atoms. The lowest BCUT2D eigenvalue weighted by Crippen LogP contribution is -2.25. The predicted molar refractivity (Wildman–Crippen MR) is 64.1 cm³/mol. The topological polar surface area (TPSA) is 29.1 Å². The fourth-order valence-corrected chi connectivity index (χ4v) is 1.94. The van der Waals surface area contributed by atoms with Crippen molar-refractivity contribution in [1.29, 1.82) is 0 Å². The molecule has 2 rings (SSSR count). The average molecular weight is 221 g/mol. The third kappa shape index (κ3) is 2.99. The van der Waals surface area contributed by atoms with Crippen LogP contribution in [-0.2, 0) is 5.75 Å².